The summed E-state index contributed by atoms with van der Waals surface area (Å²) in [6.07, 6.45) is 0. The topological polar surface area (TPSA) is 52.4 Å². The number of methoxy groups -OCH3 is 3. The van der Waals surface area contributed by atoms with Crippen molar-refractivity contribution in [1.82, 2.24) is 0 Å². The Kier molecular flexibility index (Phi) is 5.38. The first-order valence-electron chi connectivity index (χ1n) is 6.15. The van der Waals surface area contributed by atoms with Gasteiger partial charge in [-0.1, -0.05) is 0 Å². The van der Waals surface area contributed by atoms with Crippen molar-refractivity contribution in [2.75, 3.05) is 21.3 Å². The Hall–Kier alpha value is -1.83. The Balaban J connectivity index is 2.27. The van der Waals surface area contributed by atoms with E-state index in [4.69, 9.17) is 14.2 Å². The second-order valence-corrected chi connectivity index (χ2v) is 5.14. The molecule has 0 saturated carbocycles. The van der Waals surface area contributed by atoms with Crippen molar-refractivity contribution in [3.8, 4) is 17.2 Å². The van der Waals surface area contributed by atoms with Crippen molar-refractivity contribution in [3.05, 3.63) is 40.0 Å². The maximum absolute atomic E-state index is 5.30. The van der Waals surface area contributed by atoms with E-state index >= 15 is 0 Å². The van der Waals surface area contributed by atoms with Gasteiger partial charge in [0.2, 0.25) is 0 Å². The quantitative estimate of drug-likeness (QED) is 0.541. The molecular weight excluding hydrogens is 383 g/mol. The van der Waals surface area contributed by atoms with Crippen LogP contribution in [0.1, 0.15) is 0 Å². The highest BCUT2D eigenvalue weighted by Gasteiger charge is 2.09. The van der Waals surface area contributed by atoms with Crippen LogP contribution < -0.4 is 14.2 Å². The van der Waals surface area contributed by atoms with Gasteiger partial charge in [-0.2, -0.15) is 10.2 Å². The van der Waals surface area contributed by atoms with Crippen molar-refractivity contribution < 1.29 is 14.2 Å². The highest BCUT2D eigenvalue weighted by molar-refractivity contribution is 14.1. The van der Waals surface area contributed by atoms with Crippen molar-refractivity contribution >= 4 is 34.0 Å². The minimum Gasteiger partial charge on any atom is -0.497 e. The van der Waals surface area contributed by atoms with E-state index in [1.165, 1.54) is 0 Å². The molecule has 0 spiro atoms. The van der Waals surface area contributed by atoms with Gasteiger partial charge in [0.25, 0.3) is 0 Å². The number of benzene rings is 2. The minimum atomic E-state index is 0.667. The lowest BCUT2D eigenvalue weighted by atomic mass is 10.3. The molecular formula is C15H15IN2O3. The number of rotatable bonds is 5. The number of hydrogen-bond acceptors (Lipinski definition) is 5. The highest BCUT2D eigenvalue weighted by Crippen LogP contribution is 2.35. The van der Waals surface area contributed by atoms with Gasteiger partial charge in [0.1, 0.15) is 17.2 Å². The number of nitrogens with zero attached hydrogens (tertiary/aromatic N) is 2. The van der Waals surface area contributed by atoms with E-state index in [0.29, 0.717) is 17.2 Å². The predicted molar refractivity (Wildman–Crippen MR) is 89.4 cm³/mol. The van der Waals surface area contributed by atoms with Gasteiger partial charge in [-0.05, 0) is 46.9 Å². The molecule has 0 unspecified atom stereocenters. The lowest BCUT2D eigenvalue weighted by Gasteiger charge is -2.08. The summed E-state index contributed by atoms with van der Waals surface area (Å²) in [5, 5.41) is 8.40. The molecule has 2 aromatic rings. The van der Waals surface area contributed by atoms with Crippen LogP contribution in [0.25, 0.3) is 0 Å². The first-order chi connectivity index (χ1) is 10.2. The summed E-state index contributed by atoms with van der Waals surface area (Å²) < 4.78 is 16.6. The summed E-state index contributed by atoms with van der Waals surface area (Å²) in [5.74, 6) is 2.20. The third-order valence-electron chi connectivity index (χ3n) is 2.78. The zero-order valence-corrected chi connectivity index (χ0v) is 14.1. The van der Waals surface area contributed by atoms with Crippen LogP contribution in [0.3, 0.4) is 0 Å². The fourth-order valence-electron chi connectivity index (χ4n) is 1.68. The molecule has 0 N–H and O–H groups in total. The zero-order chi connectivity index (χ0) is 15.2. The molecule has 0 aromatic heterocycles. The van der Waals surface area contributed by atoms with Crippen LogP contribution in [0.5, 0.6) is 17.2 Å². The molecule has 0 atom stereocenters. The van der Waals surface area contributed by atoms with E-state index in [9.17, 15) is 0 Å². The highest BCUT2D eigenvalue weighted by atomic mass is 127. The predicted octanol–water partition coefficient (Wildman–Crippen LogP) is 4.73. The Bertz CT molecular complexity index is 617. The monoisotopic (exact) mass is 398 g/mol. The van der Waals surface area contributed by atoms with E-state index < -0.39 is 0 Å². The van der Waals surface area contributed by atoms with Crippen LogP contribution in [0.4, 0.5) is 11.4 Å². The van der Waals surface area contributed by atoms with E-state index in [-0.39, 0.29) is 0 Å². The maximum atomic E-state index is 5.30. The summed E-state index contributed by atoms with van der Waals surface area (Å²) in [6, 6.07) is 11.0. The molecule has 2 rings (SSSR count). The minimum absolute atomic E-state index is 0.667. The van der Waals surface area contributed by atoms with Gasteiger partial charge in [0.15, 0.2) is 0 Å². The summed E-state index contributed by atoms with van der Waals surface area (Å²) in [7, 11) is 4.85. The molecule has 0 aliphatic heterocycles. The first kappa shape index (κ1) is 15.6. The Morgan fingerprint density at radius 1 is 0.762 bits per heavy atom. The molecule has 6 heteroatoms. The fraction of sp³-hybridized carbons (Fsp3) is 0.200. The van der Waals surface area contributed by atoms with Gasteiger partial charge in [0, 0.05) is 12.1 Å². The third kappa shape index (κ3) is 3.84. The van der Waals surface area contributed by atoms with Gasteiger partial charge < -0.3 is 14.2 Å². The molecule has 0 bridgehead atoms. The summed E-state index contributed by atoms with van der Waals surface area (Å²) >= 11 is 2.17. The van der Waals surface area contributed by atoms with Crippen molar-refractivity contribution in [2.24, 2.45) is 10.2 Å². The first-order valence-corrected chi connectivity index (χ1v) is 7.23. The van der Waals surface area contributed by atoms with Crippen molar-refractivity contribution in [3.63, 3.8) is 0 Å². The van der Waals surface area contributed by atoms with E-state index in [0.717, 1.165) is 15.0 Å². The van der Waals surface area contributed by atoms with Gasteiger partial charge in [-0.15, -0.1) is 0 Å². The van der Waals surface area contributed by atoms with Crippen LogP contribution in [-0.4, -0.2) is 21.3 Å². The Morgan fingerprint density at radius 2 is 1.29 bits per heavy atom. The Labute approximate surface area is 137 Å². The summed E-state index contributed by atoms with van der Waals surface area (Å²) in [5.41, 5.74) is 1.41. The summed E-state index contributed by atoms with van der Waals surface area (Å²) in [6.45, 7) is 0. The average molecular weight is 398 g/mol. The van der Waals surface area contributed by atoms with E-state index in [1.807, 2.05) is 36.4 Å². The van der Waals surface area contributed by atoms with Gasteiger partial charge >= 0.3 is 0 Å². The molecule has 0 fully saturated rings. The van der Waals surface area contributed by atoms with Crippen LogP contribution in [0.2, 0.25) is 0 Å². The van der Waals surface area contributed by atoms with Crippen molar-refractivity contribution in [2.45, 2.75) is 0 Å². The third-order valence-corrected chi connectivity index (χ3v) is 3.85. The maximum Gasteiger partial charge on any atom is 0.138 e. The van der Waals surface area contributed by atoms with E-state index in [2.05, 4.69) is 32.8 Å². The molecule has 21 heavy (non-hydrogen) atoms. The smallest absolute Gasteiger partial charge is 0.138 e. The van der Waals surface area contributed by atoms with Crippen molar-refractivity contribution in [1.29, 1.82) is 0 Å². The molecule has 110 valence electrons. The lowest BCUT2D eigenvalue weighted by molar-refractivity contribution is 0.389. The molecule has 0 radical (unpaired) electrons. The zero-order valence-electron chi connectivity index (χ0n) is 12.0. The molecule has 0 aliphatic rings. The molecule has 0 aliphatic carbocycles. The van der Waals surface area contributed by atoms with Gasteiger partial charge in [0.05, 0.1) is 36.3 Å². The SMILES string of the molecule is COc1ccc(N=Nc2cc(OC)c(I)c(OC)c2)cc1. The molecule has 0 heterocycles. The molecule has 5 nitrogen and oxygen atoms in total. The normalized spacial score (nSPS) is 10.7. The molecule has 2 aromatic carbocycles. The lowest BCUT2D eigenvalue weighted by Crippen LogP contribution is -1.91. The van der Waals surface area contributed by atoms with Crippen LogP contribution >= 0.6 is 22.6 Å². The largest absolute Gasteiger partial charge is 0.497 e. The van der Waals surface area contributed by atoms with Crippen LogP contribution in [0.15, 0.2) is 46.6 Å². The number of hydrogen-bond donors (Lipinski definition) is 0. The molecule has 0 amide bonds. The number of azo groups is 1. The second-order valence-electron chi connectivity index (χ2n) is 4.06. The van der Waals surface area contributed by atoms with Crippen LogP contribution in [-0.2, 0) is 0 Å². The average Bonchev–Trinajstić information content (AvgIpc) is 2.54. The van der Waals surface area contributed by atoms with E-state index in [1.54, 1.807) is 21.3 Å². The Morgan fingerprint density at radius 3 is 1.76 bits per heavy atom. The number of halogens is 1. The number of ether oxygens (including phenoxy) is 3. The van der Waals surface area contributed by atoms with Gasteiger partial charge in [-0.3, -0.25) is 0 Å². The van der Waals surface area contributed by atoms with Crippen LogP contribution in [0, 0.1) is 3.57 Å². The standard InChI is InChI=1S/C15H15IN2O3/c1-19-12-6-4-10(5-7-12)17-18-11-8-13(20-2)15(16)14(9-11)21-3/h4-9H,1-3H3. The summed E-state index contributed by atoms with van der Waals surface area (Å²) in [4.78, 5) is 0. The second kappa shape index (κ2) is 7.26. The fourth-order valence-corrected chi connectivity index (χ4v) is 2.43. The van der Waals surface area contributed by atoms with Gasteiger partial charge in [-0.25, -0.2) is 0 Å². The molecule has 0 saturated heterocycles.